The number of rotatable bonds is 3. The minimum atomic E-state index is -0.439. The summed E-state index contributed by atoms with van der Waals surface area (Å²) >= 11 is 0. The average Bonchev–Trinajstić information content (AvgIpc) is 2.27. The van der Waals surface area contributed by atoms with Gasteiger partial charge in [0.1, 0.15) is 24.1 Å². The third kappa shape index (κ3) is 3.37. The SMILES string of the molecule is O=C1CC(=O)OC(CCc2ccc(F)cc2)C1. The molecule has 0 amide bonds. The summed E-state index contributed by atoms with van der Waals surface area (Å²) in [5.74, 6) is -0.774. The van der Waals surface area contributed by atoms with E-state index in [1.165, 1.54) is 12.1 Å². The molecule has 1 unspecified atom stereocenters. The number of carbonyl (C=O) groups is 2. The van der Waals surface area contributed by atoms with Crippen LogP contribution in [0.25, 0.3) is 0 Å². The molecule has 90 valence electrons. The molecular formula is C13H13FO3. The van der Waals surface area contributed by atoms with Gasteiger partial charge < -0.3 is 4.74 Å². The van der Waals surface area contributed by atoms with Gasteiger partial charge in [-0.25, -0.2) is 4.39 Å². The number of hydrogen-bond acceptors (Lipinski definition) is 3. The largest absolute Gasteiger partial charge is 0.462 e. The molecule has 0 radical (unpaired) electrons. The van der Waals surface area contributed by atoms with E-state index >= 15 is 0 Å². The number of Topliss-reactive ketones (excluding diaryl/α,β-unsaturated/α-hetero) is 1. The molecule has 1 atom stereocenters. The van der Waals surface area contributed by atoms with Crippen molar-refractivity contribution in [2.75, 3.05) is 0 Å². The van der Waals surface area contributed by atoms with Crippen LogP contribution in [-0.2, 0) is 20.7 Å². The lowest BCUT2D eigenvalue weighted by Crippen LogP contribution is -2.29. The van der Waals surface area contributed by atoms with E-state index in [1.54, 1.807) is 12.1 Å². The normalized spacial score (nSPS) is 20.2. The molecule has 0 aliphatic carbocycles. The minimum Gasteiger partial charge on any atom is -0.462 e. The molecule has 1 aromatic rings. The Bertz CT molecular complexity index is 409. The van der Waals surface area contributed by atoms with Gasteiger partial charge in [-0.05, 0) is 30.5 Å². The summed E-state index contributed by atoms with van der Waals surface area (Å²) in [5.41, 5.74) is 0.973. The first-order chi connectivity index (χ1) is 8.13. The van der Waals surface area contributed by atoms with E-state index in [2.05, 4.69) is 0 Å². The standard InChI is InChI=1S/C13H13FO3/c14-10-4-1-9(2-5-10)3-6-12-7-11(15)8-13(16)17-12/h1-2,4-5,12H,3,6-8H2. The van der Waals surface area contributed by atoms with Crippen molar-refractivity contribution in [3.63, 3.8) is 0 Å². The van der Waals surface area contributed by atoms with Gasteiger partial charge in [0.2, 0.25) is 0 Å². The highest BCUT2D eigenvalue weighted by Crippen LogP contribution is 2.17. The molecule has 1 aliphatic heterocycles. The van der Waals surface area contributed by atoms with Crippen LogP contribution in [0.4, 0.5) is 4.39 Å². The molecule has 0 N–H and O–H groups in total. The van der Waals surface area contributed by atoms with Crippen molar-refractivity contribution in [2.45, 2.75) is 31.8 Å². The monoisotopic (exact) mass is 236 g/mol. The number of benzene rings is 1. The van der Waals surface area contributed by atoms with Gasteiger partial charge in [0, 0.05) is 6.42 Å². The van der Waals surface area contributed by atoms with Crippen LogP contribution < -0.4 is 0 Å². The maximum absolute atomic E-state index is 12.7. The fraction of sp³-hybridized carbons (Fsp3) is 0.385. The lowest BCUT2D eigenvalue weighted by Gasteiger charge is -2.21. The van der Waals surface area contributed by atoms with E-state index < -0.39 is 5.97 Å². The van der Waals surface area contributed by atoms with Gasteiger partial charge in [0.25, 0.3) is 0 Å². The second-order valence-electron chi connectivity index (χ2n) is 4.20. The van der Waals surface area contributed by atoms with E-state index in [9.17, 15) is 14.0 Å². The van der Waals surface area contributed by atoms with Crippen molar-refractivity contribution < 1.29 is 18.7 Å². The summed E-state index contributed by atoms with van der Waals surface area (Å²) < 4.78 is 17.7. The molecule has 1 fully saturated rings. The van der Waals surface area contributed by atoms with Crippen molar-refractivity contribution in [2.24, 2.45) is 0 Å². The Balaban J connectivity index is 1.87. The highest BCUT2D eigenvalue weighted by molar-refractivity contribution is 5.97. The Labute approximate surface area is 98.6 Å². The predicted molar refractivity (Wildman–Crippen MR) is 58.8 cm³/mol. The highest BCUT2D eigenvalue weighted by Gasteiger charge is 2.26. The molecule has 1 aromatic carbocycles. The Morgan fingerprint density at radius 3 is 2.59 bits per heavy atom. The smallest absolute Gasteiger partial charge is 0.313 e. The molecule has 4 heteroatoms. The molecule has 1 saturated heterocycles. The Kier molecular flexibility index (Phi) is 3.52. The molecule has 0 spiro atoms. The number of ketones is 1. The second-order valence-corrected chi connectivity index (χ2v) is 4.20. The van der Waals surface area contributed by atoms with Crippen LogP contribution in [0, 0.1) is 5.82 Å². The summed E-state index contributed by atoms with van der Waals surface area (Å²) in [6.45, 7) is 0. The molecule has 0 aromatic heterocycles. The molecule has 3 nitrogen and oxygen atoms in total. The zero-order chi connectivity index (χ0) is 12.3. The molecule has 1 aliphatic rings. The molecule has 0 saturated carbocycles. The molecule has 2 rings (SSSR count). The summed E-state index contributed by atoms with van der Waals surface area (Å²) in [4.78, 5) is 22.2. The number of ether oxygens (including phenoxy) is 1. The number of esters is 1. The fourth-order valence-corrected chi connectivity index (χ4v) is 1.90. The summed E-state index contributed by atoms with van der Waals surface area (Å²) in [5, 5.41) is 0. The van der Waals surface area contributed by atoms with Gasteiger partial charge in [0.05, 0.1) is 0 Å². The van der Waals surface area contributed by atoms with Gasteiger partial charge in [-0.15, -0.1) is 0 Å². The lowest BCUT2D eigenvalue weighted by molar-refractivity contribution is -0.157. The maximum Gasteiger partial charge on any atom is 0.313 e. The van der Waals surface area contributed by atoms with Crippen LogP contribution in [-0.4, -0.2) is 17.9 Å². The summed E-state index contributed by atoms with van der Waals surface area (Å²) in [7, 11) is 0. The summed E-state index contributed by atoms with van der Waals surface area (Å²) in [6, 6.07) is 6.18. The fourth-order valence-electron chi connectivity index (χ4n) is 1.90. The Morgan fingerprint density at radius 2 is 1.94 bits per heavy atom. The van der Waals surface area contributed by atoms with Crippen LogP contribution in [0.5, 0.6) is 0 Å². The Hall–Kier alpha value is -1.71. The quantitative estimate of drug-likeness (QED) is 0.595. The van der Waals surface area contributed by atoms with Gasteiger partial charge in [-0.2, -0.15) is 0 Å². The van der Waals surface area contributed by atoms with E-state index in [4.69, 9.17) is 4.74 Å². The van der Waals surface area contributed by atoms with Crippen molar-refractivity contribution in [1.82, 2.24) is 0 Å². The van der Waals surface area contributed by atoms with Crippen LogP contribution in [0.1, 0.15) is 24.8 Å². The number of halogens is 1. The van der Waals surface area contributed by atoms with Crippen molar-refractivity contribution in [1.29, 1.82) is 0 Å². The maximum atomic E-state index is 12.7. The first-order valence-electron chi connectivity index (χ1n) is 5.59. The number of carbonyl (C=O) groups excluding carboxylic acids is 2. The van der Waals surface area contributed by atoms with Crippen molar-refractivity contribution in [3.8, 4) is 0 Å². The van der Waals surface area contributed by atoms with Crippen molar-refractivity contribution in [3.05, 3.63) is 35.6 Å². The number of cyclic esters (lactones) is 1. The van der Waals surface area contributed by atoms with Gasteiger partial charge in [-0.3, -0.25) is 9.59 Å². The van der Waals surface area contributed by atoms with E-state index in [0.717, 1.165) is 5.56 Å². The summed E-state index contributed by atoms with van der Waals surface area (Å²) in [6.07, 6.45) is 1.14. The van der Waals surface area contributed by atoms with Gasteiger partial charge in [-0.1, -0.05) is 12.1 Å². The second kappa shape index (κ2) is 5.08. The van der Waals surface area contributed by atoms with Crippen LogP contribution >= 0.6 is 0 Å². The van der Waals surface area contributed by atoms with Gasteiger partial charge >= 0.3 is 5.97 Å². The van der Waals surface area contributed by atoms with Crippen molar-refractivity contribution >= 4 is 11.8 Å². The van der Waals surface area contributed by atoms with Crippen LogP contribution in [0.2, 0.25) is 0 Å². The topological polar surface area (TPSA) is 43.4 Å². The number of aryl methyl sites for hydroxylation is 1. The van der Waals surface area contributed by atoms with Crippen LogP contribution in [0.3, 0.4) is 0 Å². The molecular weight excluding hydrogens is 223 g/mol. The van der Waals surface area contributed by atoms with Crippen LogP contribution in [0.15, 0.2) is 24.3 Å². The minimum absolute atomic E-state index is 0.0645. The average molecular weight is 236 g/mol. The number of hydrogen-bond donors (Lipinski definition) is 0. The molecule has 0 bridgehead atoms. The predicted octanol–water partition coefficient (Wildman–Crippen LogP) is 2.03. The first-order valence-corrected chi connectivity index (χ1v) is 5.59. The third-order valence-corrected chi connectivity index (χ3v) is 2.76. The van der Waals surface area contributed by atoms with Gasteiger partial charge in [0.15, 0.2) is 0 Å². The first kappa shape index (κ1) is 11.8. The molecule has 17 heavy (non-hydrogen) atoms. The molecule has 1 heterocycles. The zero-order valence-electron chi connectivity index (χ0n) is 9.32. The van der Waals surface area contributed by atoms with E-state index in [0.29, 0.717) is 19.3 Å². The lowest BCUT2D eigenvalue weighted by atomic mass is 10.0. The van der Waals surface area contributed by atoms with E-state index in [1.807, 2.05) is 0 Å². The Morgan fingerprint density at radius 1 is 1.24 bits per heavy atom. The third-order valence-electron chi connectivity index (χ3n) is 2.76. The highest BCUT2D eigenvalue weighted by atomic mass is 19.1. The van der Waals surface area contributed by atoms with E-state index in [-0.39, 0.29) is 24.1 Å². The zero-order valence-corrected chi connectivity index (χ0v) is 9.32.